The van der Waals surface area contributed by atoms with E-state index in [0.29, 0.717) is 70.4 Å². The van der Waals surface area contributed by atoms with Gasteiger partial charge >= 0.3 is 0 Å². The van der Waals surface area contributed by atoms with E-state index in [-0.39, 0.29) is 12.2 Å². The first-order valence-electron chi connectivity index (χ1n) is 21.5. The third kappa shape index (κ3) is 13.4. The molecule has 0 radical (unpaired) electrons. The van der Waals surface area contributed by atoms with Gasteiger partial charge in [-0.1, -0.05) is 24.2 Å². The predicted molar refractivity (Wildman–Crippen MR) is 243 cm³/mol. The highest BCUT2D eigenvalue weighted by Crippen LogP contribution is 2.32. The largest absolute Gasteiger partial charge is 0.494 e. The van der Waals surface area contributed by atoms with Crippen LogP contribution in [-0.2, 0) is 12.8 Å². The van der Waals surface area contributed by atoms with Gasteiger partial charge in [0.05, 0.1) is 36.5 Å². The Bertz CT molecular complexity index is 2460. The summed E-state index contributed by atoms with van der Waals surface area (Å²) in [6, 6.07) is 26.8. The van der Waals surface area contributed by atoms with Crippen LogP contribution in [0.3, 0.4) is 0 Å². The molecule has 0 amide bonds. The van der Waals surface area contributed by atoms with Crippen molar-refractivity contribution >= 4 is 0 Å². The lowest BCUT2D eigenvalue weighted by Crippen LogP contribution is -2.11. The number of aryl methyl sites for hydroxylation is 2. The standard InChI is InChI=1S/C25H30N4O3.C24H28N4O3/c1-5-18-15-21(30-13-7-6-12-27-4)9-10-22(18)24-28-25(32-29-24)19-8-11-23(31-17(2)3)20(14-19)16-26;1-5-17-14-20(29-12-6-11-26-4)8-9-21(17)23-27-24(31-28-23)18-7-10-22(30-16(2)3)19(13-18)15-25/h8-11,14-15,17,27H,5-7,12-13H2,1-4H3;7-10,13-14,16,26H,5-6,11-12H2,1-4H3. The van der Waals surface area contributed by atoms with E-state index in [9.17, 15) is 10.5 Å². The number of rotatable bonds is 21. The third-order valence-corrected chi connectivity index (χ3v) is 9.60. The van der Waals surface area contributed by atoms with Crippen molar-refractivity contribution in [3.63, 3.8) is 0 Å². The number of ether oxygens (including phenoxy) is 4. The second-order valence-electron chi connectivity index (χ2n) is 15.1. The van der Waals surface area contributed by atoms with Crippen molar-refractivity contribution in [2.24, 2.45) is 0 Å². The highest BCUT2D eigenvalue weighted by Gasteiger charge is 2.18. The van der Waals surface area contributed by atoms with Crippen LogP contribution in [0.25, 0.3) is 45.7 Å². The second-order valence-corrected chi connectivity index (χ2v) is 15.1. The van der Waals surface area contributed by atoms with Gasteiger partial charge in [0.15, 0.2) is 0 Å². The Morgan fingerprint density at radius 1 is 0.587 bits per heavy atom. The van der Waals surface area contributed by atoms with E-state index < -0.39 is 0 Å². The summed E-state index contributed by atoms with van der Waals surface area (Å²) in [4.78, 5) is 9.14. The van der Waals surface area contributed by atoms with Gasteiger partial charge in [0, 0.05) is 22.3 Å². The van der Waals surface area contributed by atoms with Crippen molar-refractivity contribution in [1.29, 1.82) is 10.5 Å². The fourth-order valence-electron chi connectivity index (χ4n) is 6.49. The molecule has 4 aromatic carbocycles. The first-order valence-corrected chi connectivity index (χ1v) is 21.5. The van der Waals surface area contributed by atoms with Gasteiger partial charge in [0.1, 0.15) is 35.1 Å². The maximum atomic E-state index is 9.47. The molecule has 0 aliphatic rings. The molecule has 2 heterocycles. The zero-order valence-electron chi connectivity index (χ0n) is 37.6. The van der Waals surface area contributed by atoms with E-state index in [1.54, 1.807) is 24.3 Å². The van der Waals surface area contributed by atoms with Crippen LogP contribution in [0.1, 0.15) is 83.1 Å². The van der Waals surface area contributed by atoms with Crippen LogP contribution in [0, 0.1) is 22.7 Å². The summed E-state index contributed by atoms with van der Waals surface area (Å²) in [6.07, 6.45) is 4.62. The van der Waals surface area contributed by atoms with Gasteiger partial charge in [-0.2, -0.15) is 20.5 Å². The minimum absolute atomic E-state index is 0.0178. The average Bonchev–Trinajstić information content (AvgIpc) is 3.99. The maximum Gasteiger partial charge on any atom is 0.258 e. The van der Waals surface area contributed by atoms with Crippen molar-refractivity contribution in [3.8, 4) is 80.8 Å². The lowest BCUT2D eigenvalue weighted by atomic mass is 10.0. The lowest BCUT2D eigenvalue weighted by Gasteiger charge is -2.11. The molecule has 6 rings (SSSR count). The summed E-state index contributed by atoms with van der Waals surface area (Å²) in [7, 11) is 3.88. The molecule has 0 aliphatic heterocycles. The van der Waals surface area contributed by atoms with Gasteiger partial charge in [-0.15, -0.1) is 0 Å². The topological polar surface area (TPSA) is 186 Å². The molecule has 2 aromatic heterocycles. The molecule has 0 bridgehead atoms. The van der Waals surface area contributed by atoms with Gasteiger partial charge in [0.25, 0.3) is 11.8 Å². The quantitative estimate of drug-likeness (QED) is 0.0652. The lowest BCUT2D eigenvalue weighted by molar-refractivity contribution is 0.241. The molecular formula is C49H58N8O6. The van der Waals surface area contributed by atoms with Crippen LogP contribution in [0.4, 0.5) is 0 Å². The SMILES string of the molecule is CCc1cc(OCCCCNC)ccc1-c1noc(-c2ccc(OC(C)C)c(C#N)c2)n1.CCc1cc(OCCCNC)ccc1-c1noc(-c2ccc(OC(C)C)c(C#N)c2)n1. The van der Waals surface area contributed by atoms with Gasteiger partial charge in [-0.05, 0) is 171 Å². The van der Waals surface area contributed by atoms with Crippen molar-refractivity contribution in [2.75, 3.05) is 40.4 Å². The molecular weight excluding hydrogens is 797 g/mol. The highest BCUT2D eigenvalue weighted by atomic mass is 16.5. The Labute approximate surface area is 370 Å². The minimum atomic E-state index is -0.0179. The van der Waals surface area contributed by atoms with Crippen LogP contribution >= 0.6 is 0 Å². The predicted octanol–water partition coefficient (Wildman–Crippen LogP) is 9.62. The van der Waals surface area contributed by atoms with Crippen LogP contribution in [0.15, 0.2) is 81.8 Å². The van der Waals surface area contributed by atoms with E-state index in [1.165, 1.54) is 0 Å². The third-order valence-electron chi connectivity index (χ3n) is 9.60. The Kier molecular flexibility index (Phi) is 18.1. The number of hydrogen-bond acceptors (Lipinski definition) is 14. The molecule has 14 heteroatoms. The summed E-state index contributed by atoms with van der Waals surface area (Å²) in [5.41, 5.74) is 6.19. The molecule has 6 aromatic rings. The number of nitriles is 2. The average molecular weight is 855 g/mol. The minimum Gasteiger partial charge on any atom is -0.494 e. The normalized spacial score (nSPS) is 10.9. The molecule has 0 saturated carbocycles. The Morgan fingerprint density at radius 3 is 1.44 bits per heavy atom. The van der Waals surface area contributed by atoms with Gasteiger partial charge in [-0.3, -0.25) is 0 Å². The van der Waals surface area contributed by atoms with E-state index >= 15 is 0 Å². The zero-order chi connectivity index (χ0) is 45.1. The number of hydrogen-bond donors (Lipinski definition) is 2. The Balaban J connectivity index is 0.000000238. The number of benzene rings is 4. The number of nitrogens with zero attached hydrogens (tertiary/aromatic N) is 6. The van der Waals surface area contributed by atoms with Crippen LogP contribution in [0.5, 0.6) is 23.0 Å². The van der Waals surface area contributed by atoms with Gasteiger partial charge in [-0.25, -0.2) is 0 Å². The van der Waals surface area contributed by atoms with E-state index in [0.717, 1.165) is 78.9 Å². The zero-order valence-corrected chi connectivity index (χ0v) is 37.6. The van der Waals surface area contributed by atoms with Crippen LogP contribution in [-0.4, -0.2) is 72.9 Å². The highest BCUT2D eigenvalue weighted by molar-refractivity contribution is 5.67. The summed E-state index contributed by atoms with van der Waals surface area (Å²) in [6.45, 7) is 15.1. The van der Waals surface area contributed by atoms with E-state index in [4.69, 9.17) is 28.0 Å². The first-order chi connectivity index (χ1) is 30.6. The van der Waals surface area contributed by atoms with Gasteiger partial charge in [0.2, 0.25) is 11.6 Å². The smallest absolute Gasteiger partial charge is 0.258 e. The second kappa shape index (κ2) is 24.0. The van der Waals surface area contributed by atoms with Crippen molar-refractivity contribution in [3.05, 3.63) is 95.1 Å². The molecule has 0 aliphatic carbocycles. The number of nitrogens with one attached hydrogen (secondary N) is 2. The van der Waals surface area contributed by atoms with Crippen LogP contribution in [0.2, 0.25) is 0 Å². The summed E-state index contributed by atoms with van der Waals surface area (Å²) >= 11 is 0. The van der Waals surface area contributed by atoms with E-state index in [1.807, 2.05) is 90.3 Å². The van der Waals surface area contributed by atoms with E-state index in [2.05, 4.69) is 56.9 Å². The molecule has 0 atom stereocenters. The van der Waals surface area contributed by atoms with Crippen LogP contribution < -0.4 is 29.6 Å². The van der Waals surface area contributed by atoms with Gasteiger partial charge < -0.3 is 38.6 Å². The summed E-state index contributed by atoms with van der Waals surface area (Å²) < 4.78 is 34.1. The molecule has 0 saturated heterocycles. The molecule has 0 fully saturated rings. The molecule has 0 spiro atoms. The Morgan fingerprint density at radius 2 is 1.03 bits per heavy atom. The van der Waals surface area contributed by atoms with Crippen molar-refractivity contribution in [2.45, 2.75) is 85.9 Å². The fourth-order valence-corrected chi connectivity index (χ4v) is 6.49. The Hall–Kier alpha value is -6.74. The molecule has 2 N–H and O–H groups in total. The monoisotopic (exact) mass is 854 g/mol. The summed E-state index contributed by atoms with van der Waals surface area (Å²) in [5.74, 6) is 4.50. The van der Waals surface area contributed by atoms with Crippen molar-refractivity contribution < 1.29 is 28.0 Å². The maximum absolute atomic E-state index is 9.47. The molecule has 0 unspecified atom stereocenters. The molecule has 63 heavy (non-hydrogen) atoms. The number of aromatic nitrogens is 4. The fraction of sp³-hybridized carbons (Fsp3) is 0.388. The number of unbranched alkanes of at least 4 members (excludes halogenated alkanes) is 1. The molecule has 14 nitrogen and oxygen atoms in total. The van der Waals surface area contributed by atoms with Crippen molar-refractivity contribution in [1.82, 2.24) is 30.9 Å². The molecule has 330 valence electrons. The first kappa shape index (κ1) is 47.3. The summed E-state index contributed by atoms with van der Waals surface area (Å²) in [5, 5.41) is 33.5.